The summed E-state index contributed by atoms with van der Waals surface area (Å²) in [5, 5.41) is 5.38. The van der Waals surface area contributed by atoms with E-state index in [-0.39, 0.29) is 19.5 Å². The Morgan fingerprint density at radius 3 is 1.13 bits per heavy atom. The van der Waals surface area contributed by atoms with E-state index in [1.807, 2.05) is 12.1 Å². The second-order valence-corrected chi connectivity index (χ2v) is 12.4. The van der Waals surface area contributed by atoms with Crippen molar-refractivity contribution in [1.82, 2.24) is 0 Å². The van der Waals surface area contributed by atoms with E-state index >= 15 is 0 Å². The van der Waals surface area contributed by atoms with E-state index in [0.29, 0.717) is 0 Å². The number of benzene rings is 4. The van der Waals surface area contributed by atoms with Gasteiger partial charge >= 0.3 is 7.25 Å². The molecule has 4 aromatic rings. The van der Waals surface area contributed by atoms with E-state index in [4.69, 9.17) is 9.47 Å². The number of halogens is 4. The fourth-order valence-corrected chi connectivity index (χ4v) is 9.51. The maximum atomic E-state index is 9.75. The Morgan fingerprint density at radius 2 is 0.816 bits per heavy atom. The van der Waals surface area contributed by atoms with Gasteiger partial charge in [-0.05, 0) is 50.9 Å². The number of rotatable bonds is 9. The van der Waals surface area contributed by atoms with Gasteiger partial charge in [0.2, 0.25) is 0 Å². The zero-order valence-corrected chi connectivity index (χ0v) is 24.4. The Bertz CT molecular complexity index is 1140. The molecule has 4 aromatic carbocycles. The van der Waals surface area contributed by atoms with Gasteiger partial charge < -0.3 is 26.7 Å². The zero-order valence-electron chi connectivity index (χ0n) is 20.9. The molecule has 0 bridgehead atoms. The summed E-state index contributed by atoms with van der Waals surface area (Å²) in [4.78, 5) is 0. The molecule has 0 saturated heterocycles. The molecule has 10 heteroatoms. The molecule has 0 amide bonds. The van der Waals surface area contributed by atoms with Crippen molar-refractivity contribution in [2.75, 3.05) is 26.5 Å². The Labute approximate surface area is 237 Å². The van der Waals surface area contributed by atoms with Crippen molar-refractivity contribution in [3.63, 3.8) is 0 Å². The van der Waals surface area contributed by atoms with Gasteiger partial charge in [-0.3, -0.25) is 0 Å². The third-order valence-corrected chi connectivity index (χ3v) is 10.9. The van der Waals surface area contributed by atoms with E-state index < -0.39 is 23.1 Å². The van der Waals surface area contributed by atoms with Crippen LogP contribution < -0.4 is 30.7 Å². The number of hydrogen-bond acceptors (Lipinski definition) is 2. The summed E-state index contributed by atoms with van der Waals surface area (Å²) in [7, 11) is -3.57. The van der Waals surface area contributed by atoms with Gasteiger partial charge in [-0.25, -0.2) is 0 Å². The molecule has 4 rings (SSSR count). The molecule has 0 saturated carbocycles. The normalized spacial score (nSPS) is 12.3. The predicted octanol–water partition coefficient (Wildman–Crippen LogP) is 6.57. The van der Waals surface area contributed by atoms with E-state index in [0.717, 1.165) is 23.8 Å². The van der Waals surface area contributed by atoms with Crippen molar-refractivity contribution in [1.29, 1.82) is 0 Å². The van der Waals surface area contributed by atoms with Gasteiger partial charge in [0.1, 0.15) is 11.5 Å². The van der Waals surface area contributed by atoms with Crippen LogP contribution in [-0.4, -0.2) is 33.8 Å². The Morgan fingerprint density at radius 1 is 0.526 bits per heavy atom. The van der Waals surface area contributed by atoms with Gasteiger partial charge in [-0.15, -0.1) is 0 Å². The van der Waals surface area contributed by atoms with Gasteiger partial charge in [0.15, 0.2) is 0 Å². The molecule has 0 heterocycles. The molecular formula is C28H28BF4O2P2Rh-. The summed E-state index contributed by atoms with van der Waals surface area (Å²) >= 11 is 0. The van der Waals surface area contributed by atoms with Gasteiger partial charge in [0.25, 0.3) is 0 Å². The molecule has 0 aliphatic heterocycles. The maximum absolute atomic E-state index is 9.75. The first-order valence-electron chi connectivity index (χ1n) is 11.6. The summed E-state index contributed by atoms with van der Waals surface area (Å²) in [6.07, 6.45) is 2.16. The van der Waals surface area contributed by atoms with Crippen LogP contribution in [0.2, 0.25) is 0 Å². The summed E-state index contributed by atoms with van der Waals surface area (Å²) in [6.45, 7) is 0. The van der Waals surface area contributed by atoms with E-state index in [9.17, 15) is 17.3 Å². The average molecular weight is 648 g/mol. The molecule has 0 aliphatic rings. The van der Waals surface area contributed by atoms with Crippen LogP contribution in [0.1, 0.15) is 0 Å². The number of methoxy groups -OCH3 is 2. The SMILES string of the molecule is COc1ccccc1[P@](CC[P@](c1ccccc1)c1ccccc1OC)c1ccccc1.F[B-](F)(F)F.[Rh]. The standard InChI is InChI=1S/C28H28O2P2.BF4.Rh/c1-29-25-17-9-11-19-27(25)31(23-13-5-3-6-14-23)21-22-32(24-15-7-4-8-16-24)28-20-12-10-18-26(28)30-2;2-1(3,4)5;/h3-20H,21-22H2,1-2H3;;/q;-1;/t31-,32-;;/m1../s1. The van der Waals surface area contributed by atoms with Gasteiger partial charge in [0, 0.05) is 30.1 Å². The number of ether oxygens (including phenoxy) is 2. The monoisotopic (exact) mass is 648 g/mol. The topological polar surface area (TPSA) is 18.5 Å². The van der Waals surface area contributed by atoms with Crippen LogP contribution in [0, 0.1) is 0 Å². The Kier molecular flexibility index (Phi) is 13.5. The first-order chi connectivity index (χ1) is 17.8. The number of para-hydroxylation sites is 2. The summed E-state index contributed by atoms with van der Waals surface area (Å²) in [5.41, 5.74) is 0. The Balaban J connectivity index is 0.000000774. The van der Waals surface area contributed by atoms with Crippen molar-refractivity contribution in [2.45, 2.75) is 0 Å². The molecular weight excluding hydrogens is 620 g/mol. The number of hydrogen-bond donors (Lipinski definition) is 0. The average Bonchev–Trinajstić information content (AvgIpc) is 2.91. The van der Waals surface area contributed by atoms with Gasteiger partial charge in [0.05, 0.1) is 14.2 Å². The zero-order chi connectivity index (χ0) is 26.7. The van der Waals surface area contributed by atoms with Crippen molar-refractivity contribution < 1.29 is 46.2 Å². The molecule has 1 radical (unpaired) electrons. The summed E-state index contributed by atoms with van der Waals surface area (Å²) in [6, 6.07) is 38.7. The van der Waals surface area contributed by atoms with Crippen LogP contribution in [0.5, 0.6) is 11.5 Å². The van der Waals surface area contributed by atoms with E-state index in [1.54, 1.807) is 14.2 Å². The van der Waals surface area contributed by atoms with Crippen molar-refractivity contribution in [3.8, 4) is 11.5 Å². The van der Waals surface area contributed by atoms with Crippen molar-refractivity contribution in [2.24, 2.45) is 0 Å². The molecule has 0 aromatic heterocycles. The molecule has 0 spiro atoms. The first-order valence-corrected chi connectivity index (χ1v) is 14.7. The molecule has 0 unspecified atom stereocenters. The largest absolute Gasteiger partial charge is 0.673 e. The van der Waals surface area contributed by atoms with Crippen LogP contribution in [0.15, 0.2) is 109 Å². The smallest absolute Gasteiger partial charge is 0.496 e. The molecule has 0 fully saturated rings. The predicted molar refractivity (Wildman–Crippen MR) is 151 cm³/mol. The van der Waals surface area contributed by atoms with Crippen LogP contribution in [-0.2, 0) is 19.5 Å². The summed E-state index contributed by atoms with van der Waals surface area (Å²) < 4.78 is 50.5. The second-order valence-electron chi connectivity index (χ2n) is 7.81. The molecule has 0 aliphatic carbocycles. The minimum atomic E-state index is -6.00. The fraction of sp³-hybridized carbons (Fsp3) is 0.143. The van der Waals surface area contributed by atoms with Crippen LogP contribution in [0.25, 0.3) is 0 Å². The van der Waals surface area contributed by atoms with Crippen LogP contribution in [0.3, 0.4) is 0 Å². The summed E-state index contributed by atoms with van der Waals surface area (Å²) in [5.74, 6) is 1.95. The first kappa shape index (κ1) is 32.0. The van der Waals surface area contributed by atoms with E-state index in [2.05, 4.69) is 97.1 Å². The van der Waals surface area contributed by atoms with Crippen molar-refractivity contribution in [3.05, 3.63) is 109 Å². The molecule has 203 valence electrons. The minimum Gasteiger partial charge on any atom is -0.496 e. The van der Waals surface area contributed by atoms with E-state index in [1.165, 1.54) is 21.2 Å². The minimum absolute atomic E-state index is 0. The Hall–Kier alpha value is -2.25. The molecule has 38 heavy (non-hydrogen) atoms. The van der Waals surface area contributed by atoms with Gasteiger partial charge in [-0.2, -0.15) is 0 Å². The van der Waals surface area contributed by atoms with Crippen LogP contribution >= 0.6 is 15.8 Å². The van der Waals surface area contributed by atoms with Crippen molar-refractivity contribution >= 4 is 44.3 Å². The molecule has 2 atom stereocenters. The fourth-order valence-electron chi connectivity index (χ4n) is 3.90. The third-order valence-electron chi connectivity index (χ3n) is 5.43. The third kappa shape index (κ3) is 9.81. The van der Waals surface area contributed by atoms with Crippen LogP contribution in [0.4, 0.5) is 17.3 Å². The molecule has 2 nitrogen and oxygen atoms in total. The second kappa shape index (κ2) is 16.0. The quantitative estimate of drug-likeness (QED) is 0.116. The van der Waals surface area contributed by atoms with Gasteiger partial charge in [-0.1, -0.05) is 97.1 Å². The molecule has 0 N–H and O–H groups in total. The maximum Gasteiger partial charge on any atom is 0.673 e.